The summed E-state index contributed by atoms with van der Waals surface area (Å²) in [5, 5.41) is 8.43. The first kappa shape index (κ1) is 21.0. The van der Waals surface area contributed by atoms with Gasteiger partial charge in [-0.2, -0.15) is 0 Å². The van der Waals surface area contributed by atoms with Gasteiger partial charge in [0.05, 0.1) is 15.5 Å². The van der Waals surface area contributed by atoms with Crippen LogP contribution in [0.15, 0.2) is 39.1 Å². The molecule has 0 saturated heterocycles. The zero-order valence-electron chi connectivity index (χ0n) is 16.3. The lowest BCUT2D eigenvalue weighted by Gasteiger charge is -2.14. The van der Waals surface area contributed by atoms with Gasteiger partial charge < -0.3 is 5.32 Å². The second-order valence-corrected chi connectivity index (χ2v) is 11.1. The number of hydrogen-bond acceptors (Lipinski definition) is 7. The number of hydrogen-bond donors (Lipinski definition) is 2. The molecule has 0 bridgehead atoms. The van der Waals surface area contributed by atoms with Crippen LogP contribution in [0, 0.1) is 0 Å². The van der Waals surface area contributed by atoms with Crippen molar-refractivity contribution in [1.82, 2.24) is 9.55 Å². The number of sulfonamides is 1. The van der Waals surface area contributed by atoms with Crippen molar-refractivity contribution in [2.45, 2.75) is 41.5 Å². The fraction of sp³-hybridized carbons (Fsp3) is 0.316. The molecule has 0 saturated carbocycles. The lowest BCUT2D eigenvalue weighted by atomic mass is 10.2. The van der Waals surface area contributed by atoms with Gasteiger partial charge in [0.25, 0.3) is 5.56 Å². The zero-order chi connectivity index (χ0) is 21.6. The molecule has 0 aliphatic heterocycles. The Bertz CT molecular complexity index is 1330. The Kier molecular flexibility index (Phi) is 5.47. The minimum absolute atomic E-state index is 0.0825. The maximum atomic E-state index is 12.9. The van der Waals surface area contributed by atoms with Crippen molar-refractivity contribution in [3.63, 3.8) is 0 Å². The van der Waals surface area contributed by atoms with Crippen LogP contribution < -0.4 is 16.0 Å². The summed E-state index contributed by atoms with van der Waals surface area (Å²) < 4.78 is 24.5. The number of aryl methyl sites for hydroxylation is 2. The number of thiophene rings is 1. The molecule has 3 N–H and O–H groups in total. The van der Waals surface area contributed by atoms with Gasteiger partial charge >= 0.3 is 0 Å². The highest BCUT2D eigenvalue weighted by atomic mass is 32.2. The Balaban J connectivity index is 1.56. The lowest BCUT2D eigenvalue weighted by Crippen LogP contribution is -2.25. The number of anilines is 1. The van der Waals surface area contributed by atoms with E-state index in [4.69, 9.17) is 5.14 Å². The summed E-state index contributed by atoms with van der Waals surface area (Å²) in [4.78, 5) is 32.0. The Morgan fingerprint density at radius 1 is 1.37 bits per heavy atom. The number of primary sulfonamides is 1. The summed E-state index contributed by atoms with van der Waals surface area (Å²) in [6.07, 6.45) is 2.97. The van der Waals surface area contributed by atoms with Crippen molar-refractivity contribution in [3.8, 4) is 0 Å². The number of aromatic nitrogens is 2. The molecule has 3 aromatic rings. The number of nitrogens with two attached hydrogens (primary N) is 1. The summed E-state index contributed by atoms with van der Waals surface area (Å²) in [5.74, 6) is -0.338. The van der Waals surface area contributed by atoms with Crippen molar-refractivity contribution in [3.05, 3.63) is 45.1 Å². The van der Waals surface area contributed by atoms with Crippen LogP contribution >= 0.6 is 23.1 Å². The van der Waals surface area contributed by atoms with Gasteiger partial charge in [-0.3, -0.25) is 14.2 Å². The highest BCUT2D eigenvalue weighted by molar-refractivity contribution is 8.00. The number of nitrogens with zero attached hydrogens (tertiary/aromatic N) is 2. The van der Waals surface area contributed by atoms with Crippen molar-refractivity contribution in [2.24, 2.45) is 12.2 Å². The highest BCUT2D eigenvalue weighted by Gasteiger charge is 2.24. The van der Waals surface area contributed by atoms with E-state index in [-0.39, 0.29) is 16.4 Å². The summed E-state index contributed by atoms with van der Waals surface area (Å²) in [7, 11) is -2.20. The second kappa shape index (κ2) is 7.80. The van der Waals surface area contributed by atoms with Crippen molar-refractivity contribution >= 4 is 54.9 Å². The monoisotopic (exact) mass is 464 g/mol. The van der Waals surface area contributed by atoms with Gasteiger partial charge in [0, 0.05) is 17.6 Å². The molecular weight excluding hydrogens is 444 g/mol. The van der Waals surface area contributed by atoms with Gasteiger partial charge in [0.15, 0.2) is 5.16 Å². The summed E-state index contributed by atoms with van der Waals surface area (Å²) >= 11 is 2.74. The predicted molar refractivity (Wildman–Crippen MR) is 119 cm³/mol. The number of benzene rings is 1. The number of fused-ring (bicyclic) bond motifs is 3. The average Bonchev–Trinajstić information content (AvgIpc) is 3.26. The number of nitrogens with one attached hydrogen (secondary N) is 1. The fourth-order valence-electron chi connectivity index (χ4n) is 3.42. The number of carbonyl (C=O) groups is 1. The van der Waals surface area contributed by atoms with E-state index in [0.29, 0.717) is 16.2 Å². The van der Waals surface area contributed by atoms with Crippen LogP contribution in [0.25, 0.3) is 10.2 Å². The topological polar surface area (TPSA) is 124 Å². The van der Waals surface area contributed by atoms with Crippen LogP contribution in [0.3, 0.4) is 0 Å². The number of amides is 1. The van der Waals surface area contributed by atoms with E-state index in [2.05, 4.69) is 10.3 Å². The maximum Gasteiger partial charge on any atom is 0.262 e. The molecular formula is C19H20N4O4S3. The number of carbonyl (C=O) groups excluding carboxylic acids is 1. The van der Waals surface area contributed by atoms with E-state index in [0.717, 1.165) is 29.7 Å². The Hall–Kier alpha value is -2.21. The average molecular weight is 465 g/mol. The van der Waals surface area contributed by atoms with Gasteiger partial charge in [-0.25, -0.2) is 18.5 Å². The molecule has 8 nitrogen and oxygen atoms in total. The fourth-order valence-corrected chi connectivity index (χ4v) is 6.15. The first-order chi connectivity index (χ1) is 14.1. The van der Waals surface area contributed by atoms with E-state index < -0.39 is 15.3 Å². The minimum atomic E-state index is -3.86. The minimum Gasteiger partial charge on any atom is -0.325 e. The van der Waals surface area contributed by atoms with Crippen molar-refractivity contribution in [1.29, 1.82) is 0 Å². The summed E-state index contributed by atoms with van der Waals surface area (Å²) in [5.41, 5.74) is 1.36. The van der Waals surface area contributed by atoms with Crippen LogP contribution in [0.2, 0.25) is 0 Å². The van der Waals surface area contributed by atoms with Crippen LogP contribution in [0.5, 0.6) is 0 Å². The zero-order valence-corrected chi connectivity index (χ0v) is 18.8. The molecule has 2 aromatic heterocycles. The molecule has 0 fully saturated rings. The normalized spacial score (nSPS) is 14.6. The molecule has 1 amide bonds. The predicted octanol–water partition coefficient (Wildman–Crippen LogP) is 2.25. The molecule has 1 aliphatic carbocycles. The van der Waals surface area contributed by atoms with E-state index in [1.807, 2.05) is 0 Å². The molecule has 30 heavy (non-hydrogen) atoms. The smallest absolute Gasteiger partial charge is 0.262 e. The van der Waals surface area contributed by atoms with Gasteiger partial charge in [0.1, 0.15) is 4.83 Å². The maximum absolute atomic E-state index is 12.9. The van der Waals surface area contributed by atoms with Gasteiger partial charge in [-0.05, 0) is 49.9 Å². The third-order valence-corrected chi connectivity index (χ3v) is 8.23. The van der Waals surface area contributed by atoms with Gasteiger partial charge in [-0.15, -0.1) is 11.3 Å². The SMILES string of the molecule is C[C@H](Sc1nc2sc3c(c2c(=O)n1C)CCC3)C(=O)Nc1cccc(S(N)(=O)=O)c1. The van der Waals surface area contributed by atoms with Crippen LogP contribution in [0.1, 0.15) is 23.8 Å². The molecule has 11 heteroatoms. The largest absolute Gasteiger partial charge is 0.325 e. The number of rotatable bonds is 5. The van der Waals surface area contributed by atoms with Gasteiger partial charge in [0.2, 0.25) is 15.9 Å². The Labute approximate surface area is 181 Å². The molecule has 0 radical (unpaired) electrons. The summed E-state index contributed by atoms with van der Waals surface area (Å²) in [6.45, 7) is 1.70. The lowest BCUT2D eigenvalue weighted by molar-refractivity contribution is -0.115. The molecule has 4 rings (SSSR count). The highest BCUT2D eigenvalue weighted by Crippen LogP contribution is 2.35. The summed E-state index contributed by atoms with van der Waals surface area (Å²) in [6, 6.07) is 5.74. The van der Waals surface area contributed by atoms with Crippen LogP contribution in [-0.2, 0) is 34.7 Å². The molecule has 1 aromatic carbocycles. The molecule has 1 atom stereocenters. The molecule has 0 unspecified atom stereocenters. The first-order valence-electron chi connectivity index (χ1n) is 9.27. The molecule has 2 heterocycles. The molecule has 158 valence electrons. The van der Waals surface area contributed by atoms with E-state index in [1.54, 1.807) is 31.4 Å². The van der Waals surface area contributed by atoms with E-state index in [9.17, 15) is 18.0 Å². The van der Waals surface area contributed by atoms with Gasteiger partial charge in [-0.1, -0.05) is 17.8 Å². The molecule has 0 spiro atoms. The quantitative estimate of drug-likeness (QED) is 0.441. The molecule has 1 aliphatic rings. The third-order valence-electron chi connectivity index (χ3n) is 4.99. The van der Waals surface area contributed by atoms with E-state index >= 15 is 0 Å². The third kappa shape index (κ3) is 3.89. The van der Waals surface area contributed by atoms with Crippen molar-refractivity contribution < 1.29 is 13.2 Å². The Morgan fingerprint density at radius 3 is 2.87 bits per heavy atom. The van der Waals surface area contributed by atoms with Crippen LogP contribution in [0.4, 0.5) is 5.69 Å². The van der Waals surface area contributed by atoms with E-state index in [1.165, 1.54) is 39.4 Å². The van der Waals surface area contributed by atoms with Crippen LogP contribution in [-0.4, -0.2) is 29.1 Å². The first-order valence-corrected chi connectivity index (χ1v) is 12.5. The Morgan fingerprint density at radius 2 is 2.13 bits per heavy atom. The van der Waals surface area contributed by atoms with Crippen molar-refractivity contribution in [2.75, 3.05) is 5.32 Å². The number of thioether (sulfide) groups is 1. The second-order valence-electron chi connectivity index (χ2n) is 7.12. The standard InChI is InChI=1S/C19H20N4O4S3/c1-10(16(24)21-11-5-3-6-12(9-11)30(20,26)27)28-19-22-17-15(18(25)23(19)2)13-7-4-8-14(13)29-17/h3,5-6,9-10H,4,7-8H2,1-2H3,(H,21,24)(H2,20,26,27)/t10-/m0/s1.